The van der Waals surface area contributed by atoms with Crippen molar-refractivity contribution in [1.82, 2.24) is 10.6 Å². The fraction of sp³-hybridized carbons (Fsp3) is 0.600. The molecule has 0 spiro atoms. The van der Waals surface area contributed by atoms with Gasteiger partial charge < -0.3 is 15.7 Å². The quantitative estimate of drug-likeness (QED) is 0.428. The molecule has 0 radical (unpaired) electrons. The number of nitrogens with one attached hydrogen (secondary N) is 2. The Morgan fingerprint density at radius 3 is 2.22 bits per heavy atom. The predicted molar refractivity (Wildman–Crippen MR) is 122 cm³/mol. The molecule has 1 aromatic carbocycles. The molecule has 0 heterocycles. The fourth-order valence-electron chi connectivity index (χ4n) is 4.26. The van der Waals surface area contributed by atoms with E-state index in [9.17, 15) is 24.3 Å². The number of hydrogen-bond acceptors (Lipinski definition) is 4. The summed E-state index contributed by atoms with van der Waals surface area (Å²) in [6, 6.07) is 6.92. The molecule has 0 saturated heterocycles. The number of rotatable bonds is 12. The maximum absolute atomic E-state index is 13.0. The number of hydrogen-bond donors (Lipinski definition) is 3. The minimum absolute atomic E-state index is 0.0712. The molecule has 7 heteroatoms. The highest BCUT2D eigenvalue weighted by atomic mass is 16.4. The van der Waals surface area contributed by atoms with Crippen LogP contribution in [0.3, 0.4) is 0 Å². The summed E-state index contributed by atoms with van der Waals surface area (Å²) in [6.45, 7) is 3.89. The molecule has 1 saturated carbocycles. The molecule has 0 aromatic heterocycles. The minimum atomic E-state index is -1.59. The van der Waals surface area contributed by atoms with Crippen molar-refractivity contribution in [3.63, 3.8) is 0 Å². The van der Waals surface area contributed by atoms with Crippen molar-refractivity contribution >= 4 is 23.6 Å². The number of benzene rings is 1. The van der Waals surface area contributed by atoms with Crippen molar-refractivity contribution in [3.05, 3.63) is 35.9 Å². The van der Waals surface area contributed by atoms with E-state index in [1.165, 1.54) is 19.3 Å². The van der Waals surface area contributed by atoms with E-state index >= 15 is 0 Å². The topological polar surface area (TPSA) is 113 Å². The molecular formula is C25H36N2O5. The van der Waals surface area contributed by atoms with Gasteiger partial charge in [-0.1, -0.05) is 76.3 Å². The summed E-state index contributed by atoms with van der Waals surface area (Å²) in [4.78, 5) is 49.1. The average Bonchev–Trinajstić information content (AvgIpc) is 2.77. The number of amides is 2. The number of carboxylic acid groups (broad SMARTS) is 1. The second-order valence-electron chi connectivity index (χ2n) is 9.21. The maximum Gasteiger partial charge on any atom is 0.374 e. The van der Waals surface area contributed by atoms with Gasteiger partial charge in [-0.25, -0.2) is 4.79 Å². The molecular weight excluding hydrogens is 408 g/mol. The Morgan fingerprint density at radius 2 is 1.62 bits per heavy atom. The van der Waals surface area contributed by atoms with Crippen molar-refractivity contribution in [3.8, 4) is 0 Å². The number of aliphatic carboxylic acids is 1. The fourth-order valence-corrected chi connectivity index (χ4v) is 4.26. The molecule has 1 aliphatic carbocycles. The maximum atomic E-state index is 13.0. The van der Waals surface area contributed by atoms with Gasteiger partial charge >= 0.3 is 5.97 Å². The highest BCUT2D eigenvalue weighted by molar-refractivity contribution is 6.35. The second kappa shape index (κ2) is 13.0. The summed E-state index contributed by atoms with van der Waals surface area (Å²) in [7, 11) is 0. The molecule has 3 N–H and O–H groups in total. The van der Waals surface area contributed by atoms with Crippen molar-refractivity contribution in [1.29, 1.82) is 0 Å². The Bertz CT molecular complexity index is 772. The van der Waals surface area contributed by atoms with Crippen LogP contribution in [-0.2, 0) is 25.6 Å². The molecule has 7 nitrogen and oxygen atoms in total. The zero-order valence-electron chi connectivity index (χ0n) is 19.1. The first kappa shape index (κ1) is 25.6. The van der Waals surface area contributed by atoms with E-state index in [1.807, 2.05) is 19.9 Å². The van der Waals surface area contributed by atoms with Crippen LogP contribution in [-0.4, -0.2) is 40.8 Å². The van der Waals surface area contributed by atoms with Gasteiger partial charge in [0.25, 0.3) is 5.78 Å². The second-order valence-corrected chi connectivity index (χ2v) is 9.21. The van der Waals surface area contributed by atoms with Gasteiger partial charge in [-0.3, -0.25) is 14.4 Å². The predicted octanol–water partition coefficient (Wildman–Crippen LogP) is 3.26. The third-order valence-electron chi connectivity index (χ3n) is 5.99. The molecule has 2 rings (SSSR count). The minimum Gasteiger partial charge on any atom is -0.475 e. The van der Waals surface area contributed by atoms with E-state index in [0.717, 1.165) is 24.8 Å². The summed E-state index contributed by atoms with van der Waals surface area (Å²) >= 11 is 0. The molecule has 32 heavy (non-hydrogen) atoms. The normalized spacial score (nSPS) is 16.2. The largest absolute Gasteiger partial charge is 0.475 e. The van der Waals surface area contributed by atoms with Crippen LogP contribution < -0.4 is 10.6 Å². The standard InChI is InChI=1S/C25H36N2O5/c1-17(2)15-21(26-22(28)14-13-18-9-5-3-6-10-18)24(30)27-20(23(29)25(31)32)16-19-11-7-4-8-12-19/h4,7-8,11-12,17-18,20-21H,3,5-6,9-10,13-16H2,1-2H3,(H,26,28)(H,27,30)(H,31,32)/t20?,21-/m0/s1. The summed E-state index contributed by atoms with van der Waals surface area (Å²) in [6.07, 6.45) is 7.66. The van der Waals surface area contributed by atoms with Gasteiger partial charge in [0.1, 0.15) is 12.1 Å². The number of carboxylic acids is 1. The van der Waals surface area contributed by atoms with Crippen molar-refractivity contribution < 1.29 is 24.3 Å². The van der Waals surface area contributed by atoms with Crippen LogP contribution in [0.2, 0.25) is 0 Å². The molecule has 176 valence electrons. The van der Waals surface area contributed by atoms with Crippen LogP contribution in [0.1, 0.15) is 70.8 Å². The van der Waals surface area contributed by atoms with Crippen LogP contribution in [0.15, 0.2) is 30.3 Å². The summed E-state index contributed by atoms with van der Waals surface area (Å²) < 4.78 is 0. The van der Waals surface area contributed by atoms with Gasteiger partial charge in [-0.05, 0) is 30.2 Å². The zero-order chi connectivity index (χ0) is 23.5. The van der Waals surface area contributed by atoms with E-state index in [2.05, 4.69) is 10.6 Å². The Hall–Kier alpha value is -2.70. The lowest BCUT2D eigenvalue weighted by atomic mass is 9.86. The summed E-state index contributed by atoms with van der Waals surface area (Å²) in [5.41, 5.74) is 0.740. The van der Waals surface area contributed by atoms with Crippen molar-refractivity contribution in [2.75, 3.05) is 0 Å². The third-order valence-corrected chi connectivity index (χ3v) is 5.99. The average molecular weight is 445 g/mol. The van der Waals surface area contributed by atoms with Gasteiger partial charge in [0.2, 0.25) is 11.8 Å². The number of carbonyl (C=O) groups excluding carboxylic acids is 3. The molecule has 2 atom stereocenters. The van der Waals surface area contributed by atoms with Crippen LogP contribution >= 0.6 is 0 Å². The first-order valence-electron chi connectivity index (χ1n) is 11.7. The third kappa shape index (κ3) is 8.81. The molecule has 0 bridgehead atoms. The number of carbonyl (C=O) groups is 4. The van der Waals surface area contributed by atoms with Crippen molar-refractivity contribution in [2.24, 2.45) is 11.8 Å². The lowest BCUT2D eigenvalue weighted by Crippen LogP contribution is -2.53. The molecule has 0 aliphatic heterocycles. The Morgan fingerprint density at radius 1 is 0.969 bits per heavy atom. The number of Topliss-reactive ketones (excluding diaryl/α,β-unsaturated/α-hetero) is 1. The summed E-state index contributed by atoms with van der Waals surface area (Å²) in [5.74, 6) is -2.68. The molecule has 1 unspecified atom stereocenters. The number of ketones is 1. The Kier molecular flexibility index (Phi) is 10.4. The first-order valence-corrected chi connectivity index (χ1v) is 11.7. The lowest BCUT2D eigenvalue weighted by molar-refractivity contribution is -0.150. The van der Waals surface area contributed by atoms with E-state index in [1.54, 1.807) is 24.3 Å². The smallest absolute Gasteiger partial charge is 0.374 e. The molecule has 1 aromatic rings. The van der Waals surface area contributed by atoms with Gasteiger partial charge in [0, 0.05) is 12.8 Å². The zero-order valence-corrected chi connectivity index (χ0v) is 19.1. The highest BCUT2D eigenvalue weighted by Gasteiger charge is 2.30. The monoisotopic (exact) mass is 444 g/mol. The SMILES string of the molecule is CC(C)C[C@H](NC(=O)CCC1CCCCC1)C(=O)NC(Cc1ccccc1)C(=O)C(=O)O. The molecule has 2 amide bonds. The Labute approximate surface area is 190 Å². The van der Waals surface area contributed by atoms with Gasteiger partial charge in [-0.15, -0.1) is 0 Å². The van der Waals surface area contributed by atoms with E-state index in [-0.39, 0.29) is 18.2 Å². The molecule has 1 fully saturated rings. The van der Waals surface area contributed by atoms with Gasteiger partial charge in [0.05, 0.1) is 0 Å². The van der Waals surface area contributed by atoms with Gasteiger partial charge in [0.15, 0.2) is 0 Å². The van der Waals surface area contributed by atoms with Gasteiger partial charge in [-0.2, -0.15) is 0 Å². The highest BCUT2D eigenvalue weighted by Crippen LogP contribution is 2.27. The van der Waals surface area contributed by atoms with Crippen LogP contribution in [0.5, 0.6) is 0 Å². The van der Waals surface area contributed by atoms with E-state index in [0.29, 0.717) is 18.8 Å². The summed E-state index contributed by atoms with van der Waals surface area (Å²) in [5, 5.41) is 14.6. The van der Waals surface area contributed by atoms with E-state index < -0.39 is 29.7 Å². The van der Waals surface area contributed by atoms with Crippen LogP contribution in [0.25, 0.3) is 0 Å². The van der Waals surface area contributed by atoms with Crippen molar-refractivity contribution in [2.45, 2.75) is 83.7 Å². The van der Waals surface area contributed by atoms with E-state index in [4.69, 9.17) is 0 Å². The molecule has 1 aliphatic rings. The first-order chi connectivity index (χ1) is 15.3. The van der Waals surface area contributed by atoms with Crippen LogP contribution in [0, 0.1) is 11.8 Å². The Balaban J connectivity index is 2.01. The van der Waals surface area contributed by atoms with Crippen LogP contribution in [0.4, 0.5) is 0 Å². The lowest BCUT2D eigenvalue weighted by Gasteiger charge is -2.24.